The summed E-state index contributed by atoms with van der Waals surface area (Å²) in [6, 6.07) is 13.1. The maximum absolute atomic E-state index is 13.1. The van der Waals surface area contributed by atoms with Crippen LogP contribution in [0, 0.1) is 0 Å². The van der Waals surface area contributed by atoms with E-state index in [1.54, 1.807) is 12.1 Å². The average molecular weight is 481 g/mol. The van der Waals surface area contributed by atoms with Crippen molar-refractivity contribution in [3.05, 3.63) is 83.2 Å². The zero-order valence-electron chi connectivity index (χ0n) is 18.1. The Labute approximate surface area is 195 Å². The molecular weight excluding hydrogens is 462 g/mol. The molecule has 1 aromatic heterocycles. The number of carbonyl (C=O) groups is 3. The first kappa shape index (κ1) is 22.9. The van der Waals surface area contributed by atoms with Gasteiger partial charge in [0.1, 0.15) is 16.3 Å². The smallest absolute Gasteiger partial charge is 0.337 e. The van der Waals surface area contributed by atoms with Gasteiger partial charge in [-0.25, -0.2) is 13.2 Å². The van der Waals surface area contributed by atoms with Crippen LogP contribution in [0.15, 0.2) is 65.7 Å². The maximum Gasteiger partial charge on any atom is 0.337 e. The molecule has 0 saturated carbocycles. The van der Waals surface area contributed by atoms with Crippen LogP contribution in [0.1, 0.15) is 36.8 Å². The Balaban J connectivity index is 1.61. The van der Waals surface area contributed by atoms with E-state index >= 15 is 0 Å². The molecule has 0 bridgehead atoms. The molecule has 0 atom stereocenters. The standard InChI is InChI=1S/C23H19N3O7S/c1-32-18-10-5-14(13-26-21(27)17-4-3-11-24-20(17)22(26)28)12-19(18)34(30,31)25-16-8-6-15(7-9-16)23(29)33-2/h3-12,25H,13H2,1-2H3. The van der Waals surface area contributed by atoms with Crippen LogP contribution >= 0.6 is 0 Å². The summed E-state index contributed by atoms with van der Waals surface area (Å²) in [7, 11) is -1.55. The predicted octanol–water partition coefficient (Wildman–Crippen LogP) is 2.47. The predicted molar refractivity (Wildman–Crippen MR) is 120 cm³/mol. The van der Waals surface area contributed by atoms with Crippen molar-refractivity contribution in [1.29, 1.82) is 0 Å². The summed E-state index contributed by atoms with van der Waals surface area (Å²) >= 11 is 0. The fourth-order valence-corrected chi connectivity index (χ4v) is 4.75. The number of carbonyl (C=O) groups excluding carboxylic acids is 3. The number of methoxy groups -OCH3 is 2. The number of fused-ring (bicyclic) bond motifs is 1. The number of imide groups is 1. The molecule has 2 amide bonds. The van der Waals surface area contributed by atoms with E-state index in [0.717, 1.165) is 4.90 Å². The van der Waals surface area contributed by atoms with Gasteiger partial charge in [0.25, 0.3) is 21.8 Å². The van der Waals surface area contributed by atoms with Crippen LogP contribution < -0.4 is 9.46 Å². The molecule has 4 rings (SSSR count). The molecular formula is C23H19N3O7S. The van der Waals surface area contributed by atoms with E-state index in [4.69, 9.17) is 4.74 Å². The van der Waals surface area contributed by atoms with Crippen LogP contribution in [0.2, 0.25) is 0 Å². The van der Waals surface area contributed by atoms with Gasteiger partial charge in [-0.2, -0.15) is 0 Å². The van der Waals surface area contributed by atoms with E-state index in [2.05, 4.69) is 14.4 Å². The zero-order chi connectivity index (χ0) is 24.5. The number of nitrogens with zero attached hydrogens (tertiary/aromatic N) is 2. The molecule has 0 fully saturated rings. The number of nitrogens with one attached hydrogen (secondary N) is 1. The number of rotatable bonds is 7. The number of ether oxygens (including phenoxy) is 2. The second-order valence-electron chi connectivity index (χ2n) is 7.26. The molecule has 34 heavy (non-hydrogen) atoms. The van der Waals surface area contributed by atoms with Gasteiger partial charge in [0, 0.05) is 11.9 Å². The van der Waals surface area contributed by atoms with Crippen LogP contribution in [-0.2, 0) is 21.3 Å². The van der Waals surface area contributed by atoms with Crippen LogP contribution in [0.3, 0.4) is 0 Å². The second kappa shape index (κ2) is 8.94. The second-order valence-corrected chi connectivity index (χ2v) is 8.91. The van der Waals surface area contributed by atoms with Crippen LogP contribution in [0.4, 0.5) is 5.69 Å². The van der Waals surface area contributed by atoms with E-state index in [9.17, 15) is 22.8 Å². The monoisotopic (exact) mass is 481 g/mol. The van der Waals surface area contributed by atoms with Crippen molar-refractivity contribution in [2.45, 2.75) is 11.4 Å². The highest BCUT2D eigenvalue weighted by Gasteiger charge is 2.36. The first-order valence-electron chi connectivity index (χ1n) is 9.94. The van der Waals surface area contributed by atoms with E-state index in [1.807, 2.05) is 0 Å². The molecule has 11 heteroatoms. The molecule has 174 valence electrons. The lowest BCUT2D eigenvalue weighted by molar-refractivity contribution is 0.0597. The average Bonchev–Trinajstić information content (AvgIpc) is 3.08. The summed E-state index contributed by atoms with van der Waals surface area (Å²) in [6.45, 7) is -0.144. The molecule has 3 aromatic rings. The van der Waals surface area contributed by atoms with Crippen molar-refractivity contribution in [3.63, 3.8) is 0 Å². The molecule has 0 radical (unpaired) electrons. The fraction of sp³-hybridized carbons (Fsp3) is 0.130. The van der Waals surface area contributed by atoms with Crippen LogP contribution in [0.25, 0.3) is 0 Å². The quantitative estimate of drug-likeness (QED) is 0.402. The first-order chi connectivity index (χ1) is 16.2. The van der Waals surface area contributed by atoms with Gasteiger partial charge in [-0.3, -0.25) is 24.2 Å². The number of hydrogen-bond donors (Lipinski definition) is 1. The summed E-state index contributed by atoms with van der Waals surface area (Å²) in [6.07, 6.45) is 1.43. The molecule has 0 aliphatic carbocycles. The first-order valence-corrected chi connectivity index (χ1v) is 11.4. The largest absolute Gasteiger partial charge is 0.495 e. The molecule has 10 nitrogen and oxygen atoms in total. The highest BCUT2D eigenvalue weighted by atomic mass is 32.2. The van der Waals surface area contributed by atoms with Crippen LogP contribution in [0.5, 0.6) is 5.75 Å². The molecule has 1 aliphatic heterocycles. The number of aromatic nitrogens is 1. The van der Waals surface area contributed by atoms with Gasteiger partial charge in [-0.05, 0) is 54.1 Å². The van der Waals surface area contributed by atoms with E-state index < -0.39 is 27.8 Å². The van der Waals surface area contributed by atoms with Crippen molar-refractivity contribution in [2.75, 3.05) is 18.9 Å². The summed E-state index contributed by atoms with van der Waals surface area (Å²) < 4.78 is 38.5. The van der Waals surface area contributed by atoms with Crippen molar-refractivity contribution in [1.82, 2.24) is 9.88 Å². The summed E-state index contributed by atoms with van der Waals surface area (Å²) in [5.41, 5.74) is 1.14. The molecule has 0 unspecified atom stereocenters. The van der Waals surface area contributed by atoms with Gasteiger partial charge in [-0.1, -0.05) is 6.07 Å². The lowest BCUT2D eigenvalue weighted by Gasteiger charge is -2.16. The van der Waals surface area contributed by atoms with Gasteiger partial charge in [0.2, 0.25) is 0 Å². The number of esters is 1. The number of anilines is 1. The SMILES string of the molecule is COC(=O)c1ccc(NS(=O)(=O)c2cc(CN3C(=O)c4cccnc4C3=O)ccc2OC)cc1. The Morgan fingerprint density at radius 3 is 2.41 bits per heavy atom. The van der Waals surface area contributed by atoms with Crippen molar-refractivity contribution in [2.24, 2.45) is 0 Å². The molecule has 0 spiro atoms. The van der Waals surface area contributed by atoms with Crippen molar-refractivity contribution < 1.29 is 32.3 Å². The molecule has 0 saturated heterocycles. The third kappa shape index (κ3) is 4.20. The van der Waals surface area contributed by atoms with Crippen molar-refractivity contribution >= 4 is 33.5 Å². The number of benzene rings is 2. The fourth-order valence-electron chi connectivity index (χ4n) is 3.47. The maximum atomic E-state index is 13.1. The normalized spacial score (nSPS) is 12.9. The Morgan fingerprint density at radius 2 is 1.76 bits per heavy atom. The van der Waals surface area contributed by atoms with Gasteiger partial charge in [0.15, 0.2) is 0 Å². The van der Waals surface area contributed by atoms with Gasteiger partial charge < -0.3 is 9.47 Å². The minimum atomic E-state index is -4.12. The van der Waals surface area contributed by atoms with Crippen LogP contribution in [-0.4, -0.2) is 50.3 Å². The lowest BCUT2D eigenvalue weighted by atomic mass is 10.2. The van der Waals surface area contributed by atoms with Crippen molar-refractivity contribution in [3.8, 4) is 5.75 Å². The van der Waals surface area contributed by atoms with E-state index in [-0.39, 0.29) is 39.7 Å². The van der Waals surface area contributed by atoms with Gasteiger partial charge in [-0.15, -0.1) is 0 Å². The number of sulfonamides is 1. The lowest BCUT2D eigenvalue weighted by Crippen LogP contribution is -2.29. The molecule has 1 aliphatic rings. The van der Waals surface area contributed by atoms with Gasteiger partial charge in [0.05, 0.1) is 31.9 Å². The minimum Gasteiger partial charge on any atom is -0.495 e. The van der Waals surface area contributed by atoms with E-state index in [1.165, 1.54) is 62.9 Å². The highest BCUT2D eigenvalue weighted by Crippen LogP contribution is 2.29. The molecule has 2 aromatic carbocycles. The summed E-state index contributed by atoms with van der Waals surface area (Å²) in [4.78, 5) is 41.6. The topological polar surface area (TPSA) is 132 Å². The van der Waals surface area contributed by atoms with E-state index in [0.29, 0.717) is 5.56 Å². The Hall–Kier alpha value is -4.25. The summed E-state index contributed by atoms with van der Waals surface area (Å²) in [5.74, 6) is -1.53. The number of amides is 2. The third-order valence-corrected chi connectivity index (χ3v) is 6.55. The zero-order valence-corrected chi connectivity index (χ0v) is 19.0. The minimum absolute atomic E-state index is 0.0610. The Morgan fingerprint density at radius 1 is 1.03 bits per heavy atom. The Kier molecular flexibility index (Phi) is 6.03. The van der Waals surface area contributed by atoms with Gasteiger partial charge >= 0.3 is 5.97 Å². The Bertz CT molecular complexity index is 1370. The molecule has 1 N–H and O–H groups in total. The summed E-state index contributed by atoms with van der Waals surface area (Å²) in [5, 5.41) is 0. The number of hydrogen-bond acceptors (Lipinski definition) is 8. The molecule has 2 heterocycles. The highest BCUT2D eigenvalue weighted by molar-refractivity contribution is 7.92. The number of pyridine rings is 1. The third-order valence-electron chi connectivity index (χ3n) is 5.15.